The summed E-state index contributed by atoms with van der Waals surface area (Å²) in [4.78, 5) is 43.9. The molecule has 65 heavy (non-hydrogen) atoms. The van der Waals surface area contributed by atoms with Gasteiger partial charge in [0.25, 0.3) is 11.1 Å². The van der Waals surface area contributed by atoms with Gasteiger partial charge in [-0.15, -0.1) is 0 Å². The minimum absolute atomic E-state index is 0.137. The predicted octanol–water partition coefficient (Wildman–Crippen LogP) is 8.89. The van der Waals surface area contributed by atoms with Crippen molar-refractivity contribution in [3.8, 4) is 22.9 Å². The van der Waals surface area contributed by atoms with Gasteiger partial charge in [0.05, 0.1) is 67.4 Å². The summed E-state index contributed by atoms with van der Waals surface area (Å²) in [6.07, 6.45) is 11.5. The zero-order chi connectivity index (χ0) is 46.6. The Labute approximate surface area is 375 Å². The number of nitrogens with zero attached hydrogens (tertiary/aromatic N) is 6. The summed E-state index contributed by atoms with van der Waals surface area (Å²) in [5, 5.41) is 3.23. The number of nitrogen functional groups attached to an aromatic ring is 1. The van der Waals surface area contributed by atoms with Gasteiger partial charge in [-0.2, -0.15) is 0 Å². The molecule has 0 saturated heterocycles. The molecule has 0 radical (unpaired) electrons. The average Bonchev–Trinajstić information content (AvgIpc) is 3.97. The highest BCUT2D eigenvalue weighted by Crippen LogP contribution is 2.26. The maximum atomic E-state index is 13.2. The van der Waals surface area contributed by atoms with E-state index < -0.39 is 0 Å². The SMILES string of the molecule is COc1cc(C=O)ccc1-n1cnc(C)c1.COc1cc(CNc2cccn([C@H](C)c3ccc(F)cc3)c2=O)ccc1-n1cnc(C)c1.C[C@H](c1ccc(F)cc1)n1cccc(N)c1=O. The number of rotatable bonds is 12. The number of carbonyl (C=O) groups excluding carboxylic acids is 1. The van der Waals surface area contributed by atoms with Crippen molar-refractivity contribution in [2.24, 2.45) is 0 Å². The lowest BCUT2D eigenvalue weighted by molar-refractivity contribution is 0.112. The van der Waals surface area contributed by atoms with Gasteiger partial charge in [0.2, 0.25) is 0 Å². The molecule has 0 unspecified atom stereocenters. The highest BCUT2D eigenvalue weighted by Gasteiger charge is 2.14. The number of benzene rings is 4. The topological polar surface area (TPSA) is 153 Å². The normalized spacial score (nSPS) is 11.6. The van der Waals surface area contributed by atoms with Gasteiger partial charge in [0.1, 0.15) is 35.1 Å². The van der Waals surface area contributed by atoms with E-state index in [0.29, 0.717) is 23.5 Å². The number of hydrogen-bond donors (Lipinski definition) is 2. The van der Waals surface area contributed by atoms with Crippen molar-refractivity contribution in [3.63, 3.8) is 0 Å². The van der Waals surface area contributed by atoms with Crippen LogP contribution in [0, 0.1) is 25.5 Å². The first-order valence-electron chi connectivity index (χ1n) is 20.5. The number of aromatic nitrogens is 6. The molecule has 8 rings (SSSR count). The highest BCUT2D eigenvalue weighted by molar-refractivity contribution is 5.76. The van der Waals surface area contributed by atoms with E-state index in [0.717, 1.165) is 51.5 Å². The highest BCUT2D eigenvalue weighted by atomic mass is 19.1. The minimum atomic E-state index is -0.298. The third kappa shape index (κ3) is 11.5. The fourth-order valence-electron chi connectivity index (χ4n) is 6.92. The van der Waals surface area contributed by atoms with E-state index in [1.807, 2.05) is 79.6 Å². The van der Waals surface area contributed by atoms with Crippen molar-refractivity contribution in [1.29, 1.82) is 0 Å². The van der Waals surface area contributed by atoms with E-state index in [1.54, 1.807) is 98.4 Å². The molecule has 334 valence electrons. The molecule has 0 aliphatic heterocycles. The summed E-state index contributed by atoms with van der Waals surface area (Å²) in [5.74, 6) is 0.785. The second-order valence-electron chi connectivity index (χ2n) is 15.0. The molecular formula is C50H50F2N8O5. The van der Waals surface area contributed by atoms with E-state index in [9.17, 15) is 23.2 Å². The number of carbonyl (C=O) groups is 1. The van der Waals surface area contributed by atoms with Crippen LogP contribution in [0.1, 0.15) is 64.4 Å². The van der Waals surface area contributed by atoms with Crippen molar-refractivity contribution in [2.45, 2.75) is 46.3 Å². The first-order valence-corrected chi connectivity index (χ1v) is 20.5. The van der Waals surface area contributed by atoms with Crippen LogP contribution in [0.25, 0.3) is 11.4 Å². The van der Waals surface area contributed by atoms with E-state index >= 15 is 0 Å². The molecule has 0 bridgehead atoms. The molecule has 0 aliphatic carbocycles. The summed E-state index contributed by atoms with van der Waals surface area (Å²) in [5.41, 5.74) is 12.8. The smallest absolute Gasteiger partial charge is 0.274 e. The summed E-state index contributed by atoms with van der Waals surface area (Å²) in [7, 11) is 3.21. The van der Waals surface area contributed by atoms with Gasteiger partial charge in [-0.25, -0.2) is 18.7 Å². The van der Waals surface area contributed by atoms with Crippen LogP contribution in [-0.4, -0.2) is 48.7 Å². The Hall–Kier alpha value is -8.07. The van der Waals surface area contributed by atoms with Gasteiger partial charge in [0, 0.05) is 36.9 Å². The predicted molar refractivity (Wildman–Crippen MR) is 249 cm³/mol. The molecule has 0 amide bonds. The number of hydrogen-bond acceptors (Lipinski definition) is 9. The summed E-state index contributed by atoms with van der Waals surface area (Å²) in [6.45, 7) is 8.10. The number of aldehydes is 1. The van der Waals surface area contributed by atoms with E-state index in [2.05, 4.69) is 15.3 Å². The molecule has 0 fully saturated rings. The van der Waals surface area contributed by atoms with Gasteiger partial charge in [-0.1, -0.05) is 30.3 Å². The minimum Gasteiger partial charge on any atom is -0.495 e. The average molecular weight is 881 g/mol. The Morgan fingerprint density at radius 2 is 1.17 bits per heavy atom. The van der Waals surface area contributed by atoms with Crippen LogP contribution >= 0.6 is 0 Å². The lowest BCUT2D eigenvalue weighted by Gasteiger charge is -2.17. The molecule has 13 nitrogen and oxygen atoms in total. The largest absolute Gasteiger partial charge is 0.495 e. The van der Waals surface area contributed by atoms with E-state index in [4.69, 9.17) is 15.2 Å². The molecule has 0 spiro atoms. The van der Waals surface area contributed by atoms with E-state index in [1.165, 1.54) is 28.8 Å². The van der Waals surface area contributed by atoms with Crippen molar-refractivity contribution in [2.75, 3.05) is 25.3 Å². The maximum Gasteiger partial charge on any atom is 0.274 e. The van der Waals surface area contributed by atoms with Crippen LogP contribution in [-0.2, 0) is 6.54 Å². The Morgan fingerprint density at radius 1 is 0.677 bits per heavy atom. The van der Waals surface area contributed by atoms with Crippen LogP contribution in [0.3, 0.4) is 0 Å². The van der Waals surface area contributed by atoms with Gasteiger partial charge in [-0.05, 0) is 123 Å². The quantitative estimate of drug-likeness (QED) is 0.115. The summed E-state index contributed by atoms with van der Waals surface area (Å²) < 4.78 is 43.8. The third-order valence-electron chi connectivity index (χ3n) is 10.6. The Morgan fingerprint density at radius 3 is 1.66 bits per heavy atom. The van der Waals surface area contributed by atoms with Crippen molar-refractivity contribution in [3.05, 3.63) is 213 Å². The monoisotopic (exact) mass is 880 g/mol. The molecule has 3 N–H and O–H groups in total. The van der Waals surface area contributed by atoms with Gasteiger partial charge in [0.15, 0.2) is 0 Å². The van der Waals surface area contributed by atoms with Crippen molar-refractivity contribution in [1.82, 2.24) is 28.2 Å². The number of aryl methyl sites for hydroxylation is 2. The molecule has 0 aliphatic rings. The number of anilines is 2. The van der Waals surface area contributed by atoms with Crippen molar-refractivity contribution < 1.29 is 23.0 Å². The molecular weight excluding hydrogens is 831 g/mol. The number of imidazole rings is 2. The summed E-state index contributed by atoms with van der Waals surface area (Å²) in [6, 6.07) is 30.0. The maximum absolute atomic E-state index is 13.2. The first kappa shape index (κ1) is 46.4. The Bertz CT molecular complexity index is 2980. The number of methoxy groups -OCH3 is 2. The van der Waals surface area contributed by atoms with Crippen LogP contribution in [0.15, 0.2) is 156 Å². The molecule has 4 aromatic heterocycles. The number of halogens is 2. The number of nitrogens with one attached hydrogen (secondary N) is 1. The lowest BCUT2D eigenvalue weighted by atomic mass is 10.1. The second-order valence-corrected chi connectivity index (χ2v) is 15.0. The molecule has 4 heterocycles. The van der Waals surface area contributed by atoms with Gasteiger partial charge < -0.3 is 38.8 Å². The molecule has 0 saturated carbocycles. The van der Waals surface area contributed by atoms with Crippen molar-refractivity contribution >= 4 is 17.7 Å². The fraction of sp³-hybridized carbons (Fsp3) is 0.180. The van der Waals surface area contributed by atoms with Crippen LogP contribution in [0.5, 0.6) is 11.5 Å². The van der Waals surface area contributed by atoms with Crippen LogP contribution in [0.4, 0.5) is 20.2 Å². The van der Waals surface area contributed by atoms with Crippen LogP contribution in [0.2, 0.25) is 0 Å². The Kier molecular flexibility index (Phi) is 15.2. The third-order valence-corrected chi connectivity index (χ3v) is 10.6. The zero-order valence-corrected chi connectivity index (χ0v) is 36.9. The van der Waals surface area contributed by atoms with E-state index in [-0.39, 0.29) is 40.5 Å². The molecule has 15 heteroatoms. The fourth-order valence-corrected chi connectivity index (χ4v) is 6.92. The van der Waals surface area contributed by atoms with Gasteiger partial charge in [-0.3, -0.25) is 14.4 Å². The second kappa shape index (κ2) is 21.3. The number of ether oxygens (including phenoxy) is 2. The molecule has 2 atom stereocenters. The van der Waals surface area contributed by atoms with Crippen LogP contribution < -0.4 is 31.6 Å². The lowest BCUT2D eigenvalue weighted by Crippen LogP contribution is -2.25. The molecule has 4 aromatic carbocycles. The van der Waals surface area contributed by atoms with Gasteiger partial charge >= 0.3 is 0 Å². The first-order chi connectivity index (χ1) is 31.3. The summed E-state index contributed by atoms with van der Waals surface area (Å²) >= 11 is 0. The standard InChI is InChI=1S/C25H25FN4O2.C13H13FN2O.C12H12N2O2/c1-17-15-29(16-28-17)23-11-6-19(13-24(23)32-3)14-27-22-5-4-12-30(25(22)31)18(2)20-7-9-21(26)10-8-20;1-9(10-4-6-11(14)7-5-10)16-8-2-3-12(15)13(16)17;1-9-6-14(8-13-9)11-4-3-10(7-15)5-12(11)16-2/h4-13,15-16,18,27H,14H2,1-3H3;2-9H,15H2,1H3;3-8H,1-2H3/t18-;9-;/m11./s1. The Balaban J connectivity index is 0.000000178. The molecule has 8 aromatic rings. The zero-order valence-electron chi connectivity index (χ0n) is 36.9. The number of nitrogens with two attached hydrogens (primary N) is 1. The number of pyridine rings is 2.